The Morgan fingerprint density at radius 3 is 3.10 bits per heavy atom. The average Bonchev–Trinajstić information content (AvgIpc) is 2.87. The second-order valence-corrected chi connectivity index (χ2v) is 4.59. The number of hydrogen-bond donors (Lipinski definition) is 2. The zero-order valence-electron chi connectivity index (χ0n) is 11.2. The molecule has 5 heteroatoms. The van der Waals surface area contributed by atoms with Gasteiger partial charge >= 0.3 is 0 Å². The number of nitrogens with one attached hydrogen (secondary N) is 1. The molecule has 0 radical (unpaired) electrons. The van der Waals surface area contributed by atoms with Crippen LogP contribution in [0.15, 0.2) is 30.6 Å². The maximum absolute atomic E-state index is 11.6. The maximum atomic E-state index is 11.6. The summed E-state index contributed by atoms with van der Waals surface area (Å²) in [7, 11) is 0. The first-order valence-electron chi connectivity index (χ1n) is 6.59. The van der Waals surface area contributed by atoms with Gasteiger partial charge < -0.3 is 15.6 Å². The minimum atomic E-state index is -0.617. The van der Waals surface area contributed by atoms with Gasteiger partial charge in [0.2, 0.25) is 5.91 Å². The first kappa shape index (κ1) is 14.1. The van der Waals surface area contributed by atoms with E-state index in [1.54, 1.807) is 0 Å². The minimum absolute atomic E-state index is 0.196. The van der Waals surface area contributed by atoms with Crippen LogP contribution in [-0.4, -0.2) is 28.0 Å². The van der Waals surface area contributed by atoms with Crippen LogP contribution in [0.5, 0.6) is 0 Å². The summed E-state index contributed by atoms with van der Waals surface area (Å²) >= 11 is 0. The van der Waals surface area contributed by atoms with Gasteiger partial charge in [-0.3, -0.25) is 4.79 Å². The third-order valence-corrected chi connectivity index (χ3v) is 3.08. The zero-order valence-corrected chi connectivity index (χ0v) is 11.2. The summed E-state index contributed by atoms with van der Waals surface area (Å²) in [6.07, 6.45) is 8.01. The number of aryl methyl sites for hydroxylation is 1. The van der Waals surface area contributed by atoms with E-state index in [0.717, 1.165) is 24.0 Å². The number of para-hydroxylation sites is 2. The molecule has 1 aromatic heterocycles. The third kappa shape index (κ3) is 3.37. The topological polar surface area (TPSA) is 72.9 Å². The van der Waals surface area contributed by atoms with Gasteiger partial charge in [-0.2, -0.15) is 0 Å². The lowest BCUT2D eigenvalue weighted by molar-refractivity contribution is -0.122. The van der Waals surface area contributed by atoms with Gasteiger partial charge in [-0.15, -0.1) is 12.3 Å². The van der Waals surface area contributed by atoms with E-state index in [-0.39, 0.29) is 12.3 Å². The van der Waals surface area contributed by atoms with Gasteiger partial charge in [0.05, 0.1) is 23.4 Å². The van der Waals surface area contributed by atoms with Gasteiger partial charge in [0.15, 0.2) is 0 Å². The molecular formula is C15H18N4O. The molecule has 0 aliphatic rings. The molecule has 2 rings (SSSR count). The molecule has 0 bridgehead atoms. The predicted octanol–water partition coefficient (Wildman–Crippen LogP) is 0.893. The summed E-state index contributed by atoms with van der Waals surface area (Å²) in [5.41, 5.74) is 7.69. The van der Waals surface area contributed by atoms with E-state index in [4.69, 9.17) is 12.2 Å². The fraction of sp³-hybridized carbons (Fsp3) is 0.333. The van der Waals surface area contributed by atoms with E-state index in [1.165, 1.54) is 0 Å². The molecule has 3 N–H and O–H groups in total. The quantitative estimate of drug-likeness (QED) is 0.605. The van der Waals surface area contributed by atoms with Crippen LogP contribution < -0.4 is 11.1 Å². The number of aromatic nitrogens is 2. The van der Waals surface area contributed by atoms with E-state index in [0.29, 0.717) is 6.54 Å². The lowest BCUT2D eigenvalue weighted by Gasteiger charge is -2.10. The molecule has 0 aliphatic heterocycles. The number of carbonyl (C=O) groups is 1. The SMILES string of the molecule is C#CCC(N)C(=O)NCCCn1cnc2ccccc21. The molecule has 0 aliphatic carbocycles. The maximum Gasteiger partial charge on any atom is 0.237 e. The molecule has 0 spiro atoms. The molecule has 5 nitrogen and oxygen atoms in total. The van der Waals surface area contributed by atoms with Crippen molar-refractivity contribution in [1.29, 1.82) is 0 Å². The summed E-state index contributed by atoms with van der Waals surface area (Å²) in [4.78, 5) is 15.9. The number of amides is 1. The van der Waals surface area contributed by atoms with Gasteiger partial charge in [-0.1, -0.05) is 12.1 Å². The number of terminal acetylenes is 1. The monoisotopic (exact) mass is 270 g/mol. The lowest BCUT2D eigenvalue weighted by atomic mass is 10.2. The molecule has 0 saturated carbocycles. The van der Waals surface area contributed by atoms with Crippen LogP contribution in [-0.2, 0) is 11.3 Å². The highest BCUT2D eigenvalue weighted by Gasteiger charge is 2.10. The van der Waals surface area contributed by atoms with E-state index in [1.807, 2.05) is 30.6 Å². The number of hydrogen-bond acceptors (Lipinski definition) is 3. The Kier molecular flexibility index (Phi) is 4.75. The van der Waals surface area contributed by atoms with Crippen molar-refractivity contribution >= 4 is 16.9 Å². The van der Waals surface area contributed by atoms with Gasteiger partial charge in [-0.05, 0) is 18.6 Å². The Labute approximate surface area is 118 Å². The predicted molar refractivity (Wildman–Crippen MR) is 78.8 cm³/mol. The van der Waals surface area contributed by atoms with Crippen molar-refractivity contribution in [3.63, 3.8) is 0 Å². The van der Waals surface area contributed by atoms with Crippen LogP contribution in [0.1, 0.15) is 12.8 Å². The molecule has 0 fully saturated rings. The molecule has 0 saturated heterocycles. The number of fused-ring (bicyclic) bond motifs is 1. The molecule has 1 amide bonds. The Balaban J connectivity index is 1.79. The number of imidazole rings is 1. The van der Waals surface area contributed by atoms with Crippen LogP contribution in [0.4, 0.5) is 0 Å². The smallest absolute Gasteiger partial charge is 0.237 e. The molecule has 1 aromatic carbocycles. The van der Waals surface area contributed by atoms with Gasteiger partial charge in [0.1, 0.15) is 0 Å². The molecule has 1 heterocycles. The molecule has 1 unspecified atom stereocenters. The van der Waals surface area contributed by atoms with E-state index in [2.05, 4.69) is 20.8 Å². The van der Waals surface area contributed by atoms with Gasteiger partial charge in [0.25, 0.3) is 0 Å². The van der Waals surface area contributed by atoms with E-state index in [9.17, 15) is 4.79 Å². The van der Waals surface area contributed by atoms with Gasteiger partial charge in [0, 0.05) is 19.5 Å². The van der Waals surface area contributed by atoms with Crippen molar-refractivity contribution in [3.05, 3.63) is 30.6 Å². The number of benzene rings is 1. The van der Waals surface area contributed by atoms with Crippen LogP contribution in [0.3, 0.4) is 0 Å². The highest BCUT2D eigenvalue weighted by atomic mass is 16.2. The van der Waals surface area contributed by atoms with E-state index < -0.39 is 6.04 Å². The van der Waals surface area contributed by atoms with Crippen molar-refractivity contribution in [2.75, 3.05) is 6.54 Å². The van der Waals surface area contributed by atoms with Crippen molar-refractivity contribution in [2.24, 2.45) is 5.73 Å². The van der Waals surface area contributed by atoms with Crippen LogP contribution in [0, 0.1) is 12.3 Å². The molecular weight excluding hydrogens is 252 g/mol. The summed E-state index contributed by atoms with van der Waals surface area (Å²) in [5.74, 6) is 2.19. The third-order valence-electron chi connectivity index (χ3n) is 3.08. The highest BCUT2D eigenvalue weighted by molar-refractivity contribution is 5.81. The largest absolute Gasteiger partial charge is 0.355 e. The Morgan fingerprint density at radius 1 is 1.50 bits per heavy atom. The normalized spacial score (nSPS) is 12.0. The van der Waals surface area contributed by atoms with Crippen molar-refractivity contribution in [3.8, 4) is 12.3 Å². The second-order valence-electron chi connectivity index (χ2n) is 4.59. The standard InChI is InChI=1S/C15H18N4O/c1-2-6-12(16)15(20)17-9-5-10-19-11-18-13-7-3-4-8-14(13)19/h1,3-4,7-8,11-12H,5-6,9-10,16H2,(H,17,20). The van der Waals surface area contributed by atoms with Crippen molar-refractivity contribution < 1.29 is 4.79 Å². The zero-order chi connectivity index (χ0) is 14.4. The fourth-order valence-electron chi connectivity index (χ4n) is 2.00. The molecule has 104 valence electrons. The first-order valence-corrected chi connectivity index (χ1v) is 6.59. The van der Waals surface area contributed by atoms with Crippen molar-refractivity contribution in [2.45, 2.75) is 25.4 Å². The minimum Gasteiger partial charge on any atom is -0.355 e. The fourth-order valence-corrected chi connectivity index (χ4v) is 2.00. The highest BCUT2D eigenvalue weighted by Crippen LogP contribution is 2.11. The van der Waals surface area contributed by atoms with Crippen LogP contribution >= 0.6 is 0 Å². The molecule has 2 aromatic rings. The summed E-state index contributed by atoms with van der Waals surface area (Å²) in [6.45, 7) is 1.37. The van der Waals surface area contributed by atoms with Gasteiger partial charge in [-0.25, -0.2) is 4.98 Å². The Morgan fingerprint density at radius 2 is 2.30 bits per heavy atom. The Bertz CT molecular complexity index is 626. The second kappa shape index (κ2) is 6.73. The first-order chi connectivity index (χ1) is 9.72. The number of nitrogens with two attached hydrogens (primary N) is 1. The Hall–Kier alpha value is -2.32. The lowest BCUT2D eigenvalue weighted by Crippen LogP contribution is -2.40. The van der Waals surface area contributed by atoms with E-state index >= 15 is 0 Å². The number of rotatable bonds is 6. The van der Waals surface area contributed by atoms with Crippen LogP contribution in [0.2, 0.25) is 0 Å². The molecule has 1 atom stereocenters. The summed E-state index contributed by atoms with van der Waals surface area (Å²) in [5, 5.41) is 2.78. The van der Waals surface area contributed by atoms with Crippen LogP contribution in [0.25, 0.3) is 11.0 Å². The molecule has 20 heavy (non-hydrogen) atoms. The summed E-state index contributed by atoms with van der Waals surface area (Å²) < 4.78 is 2.07. The number of carbonyl (C=O) groups excluding carboxylic acids is 1. The summed E-state index contributed by atoms with van der Waals surface area (Å²) in [6, 6.07) is 7.35. The average molecular weight is 270 g/mol. The van der Waals surface area contributed by atoms with Crippen molar-refractivity contribution in [1.82, 2.24) is 14.9 Å². The number of nitrogens with zero attached hydrogens (tertiary/aromatic N) is 2.